The summed E-state index contributed by atoms with van der Waals surface area (Å²) in [4.78, 5) is 22.6. The molecule has 26 heavy (non-hydrogen) atoms. The summed E-state index contributed by atoms with van der Waals surface area (Å²) in [5, 5.41) is 3.63. The molecule has 3 rings (SSSR count). The topological polar surface area (TPSA) is 84.1 Å². The Kier molecular flexibility index (Phi) is 5.34. The Labute approximate surface area is 156 Å². The first kappa shape index (κ1) is 17.7. The molecule has 0 aliphatic carbocycles. The number of para-hydroxylation sites is 1. The maximum Gasteiger partial charge on any atom is 0.246 e. The molecule has 2 aromatic carbocycles. The molecule has 0 radical (unpaired) electrons. The average molecular weight is 368 g/mol. The highest BCUT2D eigenvalue weighted by atomic mass is 35.5. The number of nitrogens with one attached hydrogen (secondary N) is 1. The second-order valence-electron chi connectivity index (χ2n) is 5.65. The molecule has 7 heteroatoms. The van der Waals surface area contributed by atoms with Gasteiger partial charge in [-0.05, 0) is 36.4 Å². The predicted octanol–water partition coefficient (Wildman–Crippen LogP) is 3.45. The average Bonchev–Trinajstić information content (AvgIpc) is 2.68. The summed E-state index contributed by atoms with van der Waals surface area (Å²) in [7, 11) is 1.72. The number of amides is 1. The van der Waals surface area contributed by atoms with E-state index in [9.17, 15) is 4.79 Å². The van der Waals surface area contributed by atoms with Crippen molar-refractivity contribution < 1.29 is 4.79 Å². The van der Waals surface area contributed by atoms with E-state index < -0.39 is 0 Å². The lowest BCUT2D eigenvalue weighted by Crippen LogP contribution is -2.32. The zero-order valence-corrected chi connectivity index (χ0v) is 14.9. The number of benzene rings is 2. The third-order valence-corrected chi connectivity index (χ3v) is 4.10. The van der Waals surface area contributed by atoms with Crippen molar-refractivity contribution in [2.24, 2.45) is 0 Å². The summed E-state index contributed by atoms with van der Waals surface area (Å²) in [5.41, 5.74) is 7.93. The summed E-state index contributed by atoms with van der Waals surface area (Å²) < 4.78 is 0. The minimum absolute atomic E-state index is 0.0622. The van der Waals surface area contributed by atoms with Crippen LogP contribution in [-0.2, 0) is 4.79 Å². The molecule has 132 valence electrons. The molecule has 1 heterocycles. The van der Waals surface area contributed by atoms with Gasteiger partial charge in [0.25, 0.3) is 0 Å². The number of nitrogens with two attached hydrogens (primary N) is 1. The summed E-state index contributed by atoms with van der Waals surface area (Å²) >= 11 is 5.91. The van der Waals surface area contributed by atoms with E-state index in [2.05, 4.69) is 15.3 Å². The van der Waals surface area contributed by atoms with Gasteiger partial charge in [0.15, 0.2) is 11.6 Å². The molecule has 0 spiro atoms. The molecule has 1 amide bonds. The van der Waals surface area contributed by atoms with Gasteiger partial charge in [0.2, 0.25) is 5.91 Å². The highest BCUT2D eigenvalue weighted by Crippen LogP contribution is 2.22. The number of aromatic nitrogens is 2. The largest absolute Gasteiger partial charge is 0.394 e. The van der Waals surface area contributed by atoms with Crippen LogP contribution in [0, 0.1) is 0 Å². The molecule has 6 nitrogen and oxygen atoms in total. The van der Waals surface area contributed by atoms with E-state index in [0.29, 0.717) is 22.4 Å². The number of hydrogen-bond donors (Lipinski definition) is 2. The van der Waals surface area contributed by atoms with E-state index in [1.807, 2.05) is 42.5 Å². The Hall–Kier alpha value is -3.12. The van der Waals surface area contributed by atoms with Crippen LogP contribution in [0.2, 0.25) is 5.02 Å². The van der Waals surface area contributed by atoms with Crippen molar-refractivity contribution >= 4 is 34.7 Å². The zero-order valence-electron chi connectivity index (χ0n) is 14.2. The maximum absolute atomic E-state index is 12.4. The first-order valence-electron chi connectivity index (χ1n) is 7.98. The van der Waals surface area contributed by atoms with Gasteiger partial charge < -0.3 is 16.0 Å². The van der Waals surface area contributed by atoms with E-state index in [4.69, 9.17) is 17.3 Å². The molecule has 0 unspecified atom stereocenters. The van der Waals surface area contributed by atoms with Gasteiger partial charge in [-0.3, -0.25) is 4.79 Å². The van der Waals surface area contributed by atoms with Gasteiger partial charge in [0.05, 0.1) is 18.4 Å². The normalized spacial score (nSPS) is 10.4. The molecule has 0 saturated carbocycles. The Morgan fingerprint density at radius 2 is 1.85 bits per heavy atom. The molecule has 3 aromatic rings. The lowest BCUT2D eigenvalue weighted by molar-refractivity contribution is -0.116. The van der Waals surface area contributed by atoms with Crippen LogP contribution in [-0.4, -0.2) is 29.5 Å². The third-order valence-electron chi connectivity index (χ3n) is 3.84. The number of rotatable bonds is 5. The van der Waals surface area contributed by atoms with Gasteiger partial charge in [-0.2, -0.15) is 0 Å². The van der Waals surface area contributed by atoms with E-state index in [-0.39, 0.29) is 12.5 Å². The Balaban J connectivity index is 1.72. The molecule has 0 aliphatic rings. The molecular weight excluding hydrogens is 350 g/mol. The number of likely N-dealkylation sites (N-methyl/N-ethyl adjacent to an activating group) is 1. The highest BCUT2D eigenvalue weighted by Gasteiger charge is 2.12. The number of hydrogen-bond acceptors (Lipinski definition) is 5. The smallest absolute Gasteiger partial charge is 0.246 e. The quantitative estimate of drug-likeness (QED) is 0.721. The third kappa shape index (κ3) is 4.10. The van der Waals surface area contributed by atoms with Crippen LogP contribution in [0.3, 0.4) is 0 Å². The SMILES string of the molecule is CN(C(=O)CNc1nc(-c2ccc(Cl)cc2)ncc1N)c1ccccc1. The number of nitrogens with zero attached hydrogens (tertiary/aromatic N) is 3. The number of halogens is 1. The number of anilines is 3. The minimum atomic E-state index is -0.109. The molecule has 1 aromatic heterocycles. The Morgan fingerprint density at radius 3 is 2.54 bits per heavy atom. The number of carbonyl (C=O) groups is 1. The highest BCUT2D eigenvalue weighted by molar-refractivity contribution is 6.30. The van der Waals surface area contributed by atoms with Crippen LogP contribution in [0.25, 0.3) is 11.4 Å². The molecule has 0 atom stereocenters. The molecule has 3 N–H and O–H groups in total. The molecule has 0 bridgehead atoms. The van der Waals surface area contributed by atoms with Crippen LogP contribution in [0.15, 0.2) is 60.8 Å². The van der Waals surface area contributed by atoms with Crippen molar-refractivity contribution in [3.63, 3.8) is 0 Å². The molecule has 0 fully saturated rings. The van der Waals surface area contributed by atoms with Crippen LogP contribution >= 0.6 is 11.6 Å². The molecule has 0 saturated heterocycles. The van der Waals surface area contributed by atoms with Gasteiger partial charge >= 0.3 is 0 Å². The van der Waals surface area contributed by atoms with Gasteiger partial charge in [-0.15, -0.1) is 0 Å². The van der Waals surface area contributed by atoms with Crippen molar-refractivity contribution in [2.45, 2.75) is 0 Å². The van der Waals surface area contributed by atoms with Crippen LogP contribution in [0.1, 0.15) is 0 Å². The van der Waals surface area contributed by atoms with E-state index in [1.165, 1.54) is 6.20 Å². The van der Waals surface area contributed by atoms with Crippen LogP contribution in [0.4, 0.5) is 17.2 Å². The fourth-order valence-corrected chi connectivity index (χ4v) is 2.47. The summed E-state index contributed by atoms with van der Waals surface area (Å²) in [6, 6.07) is 16.6. The van der Waals surface area contributed by atoms with Crippen molar-refractivity contribution in [1.29, 1.82) is 0 Å². The maximum atomic E-state index is 12.4. The van der Waals surface area contributed by atoms with E-state index in [1.54, 1.807) is 24.1 Å². The number of carbonyl (C=O) groups excluding carboxylic acids is 1. The fraction of sp³-hybridized carbons (Fsp3) is 0.105. The summed E-state index contributed by atoms with van der Waals surface area (Å²) in [5.74, 6) is 0.809. The number of nitrogen functional groups attached to an aromatic ring is 1. The van der Waals surface area contributed by atoms with Gasteiger partial charge in [-0.25, -0.2) is 9.97 Å². The van der Waals surface area contributed by atoms with Crippen molar-refractivity contribution in [3.8, 4) is 11.4 Å². The second-order valence-corrected chi connectivity index (χ2v) is 6.08. The van der Waals surface area contributed by atoms with Crippen molar-refractivity contribution in [3.05, 3.63) is 65.8 Å². The van der Waals surface area contributed by atoms with Crippen LogP contribution < -0.4 is 16.0 Å². The Morgan fingerprint density at radius 1 is 1.15 bits per heavy atom. The molecule has 0 aliphatic heterocycles. The first-order valence-corrected chi connectivity index (χ1v) is 8.36. The van der Waals surface area contributed by atoms with E-state index in [0.717, 1.165) is 11.3 Å². The first-order chi connectivity index (χ1) is 12.5. The predicted molar refractivity (Wildman–Crippen MR) is 105 cm³/mol. The van der Waals surface area contributed by atoms with Gasteiger partial charge in [0.1, 0.15) is 0 Å². The Bertz CT molecular complexity index is 900. The molecular formula is C19H18ClN5O. The lowest BCUT2D eigenvalue weighted by atomic mass is 10.2. The van der Waals surface area contributed by atoms with Gasteiger partial charge in [0, 0.05) is 23.3 Å². The fourth-order valence-electron chi connectivity index (χ4n) is 2.34. The lowest BCUT2D eigenvalue weighted by Gasteiger charge is -2.18. The van der Waals surface area contributed by atoms with E-state index >= 15 is 0 Å². The minimum Gasteiger partial charge on any atom is -0.394 e. The standard InChI is InChI=1S/C19H18ClN5O/c1-25(15-5-3-2-4-6-15)17(26)12-23-19-16(21)11-22-18(24-19)13-7-9-14(20)10-8-13/h2-11H,12,21H2,1H3,(H,22,23,24). The van der Waals surface area contributed by atoms with Crippen molar-refractivity contribution in [2.75, 3.05) is 29.5 Å². The monoisotopic (exact) mass is 367 g/mol. The van der Waals surface area contributed by atoms with Crippen LogP contribution in [0.5, 0.6) is 0 Å². The zero-order chi connectivity index (χ0) is 18.5. The summed E-state index contributed by atoms with van der Waals surface area (Å²) in [6.45, 7) is 0.0622. The summed E-state index contributed by atoms with van der Waals surface area (Å²) in [6.07, 6.45) is 1.52. The van der Waals surface area contributed by atoms with Gasteiger partial charge in [-0.1, -0.05) is 29.8 Å². The van der Waals surface area contributed by atoms with Crippen molar-refractivity contribution in [1.82, 2.24) is 9.97 Å². The second kappa shape index (κ2) is 7.84.